The molecule has 1 unspecified atom stereocenters. The molecule has 0 saturated heterocycles. The summed E-state index contributed by atoms with van der Waals surface area (Å²) >= 11 is 0. The Balaban J connectivity index is 1.84. The summed E-state index contributed by atoms with van der Waals surface area (Å²) in [7, 11) is 0. The molecule has 2 heterocycles. The first-order valence-electron chi connectivity index (χ1n) is 8.49. The monoisotopic (exact) mass is 340 g/mol. The number of anilines is 1. The SMILES string of the molecule is Nc1cccc2[nH]c(-c3ccccc3)c(C3OC(=O)c4ccccc43)c12. The molecule has 0 fully saturated rings. The van der Waals surface area contributed by atoms with Crippen molar-refractivity contribution in [3.63, 3.8) is 0 Å². The number of benzene rings is 3. The maximum absolute atomic E-state index is 12.4. The fraction of sp³-hybridized carbons (Fsp3) is 0.0455. The molecule has 1 aromatic heterocycles. The van der Waals surface area contributed by atoms with Gasteiger partial charge in [0.1, 0.15) is 0 Å². The maximum atomic E-state index is 12.4. The predicted molar refractivity (Wildman–Crippen MR) is 102 cm³/mol. The van der Waals surface area contributed by atoms with E-state index in [-0.39, 0.29) is 5.97 Å². The number of hydrogen-bond acceptors (Lipinski definition) is 3. The highest BCUT2D eigenvalue weighted by Gasteiger charge is 2.35. The summed E-state index contributed by atoms with van der Waals surface area (Å²) in [5.74, 6) is -0.298. The van der Waals surface area contributed by atoms with Crippen LogP contribution in [0, 0.1) is 0 Å². The van der Waals surface area contributed by atoms with Crippen LogP contribution in [0.4, 0.5) is 5.69 Å². The molecule has 0 radical (unpaired) electrons. The topological polar surface area (TPSA) is 68.1 Å². The van der Waals surface area contributed by atoms with Gasteiger partial charge in [0.15, 0.2) is 6.10 Å². The van der Waals surface area contributed by atoms with Gasteiger partial charge in [0.2, 0.25) is 0 Å². The largest absolute Gasteiger partial charge is 0.449 e. The highest BCUT2D eigenvalue weighted by molar-refractivity contribution is 6.02. The zero-order valence-corrected chi connectivity index (χ0v) is 13.9. The highest BCUT2D eigenvalue weighted by atomic mass is 16.5. The number of cyclic esters (lactones) is 1. The summed E-state index contributed by atoms with van der Waals surface area (Å²) in [5, 5.41) is 0.904. The van der Waals surface area contributed by atoms with E-state index in [0.29, 0.717) is 11.3 Å². The van der Waals surface area contributed by atoms with E-state index < -0.39 is 6.10 Å². The van der Waals surface area contributed by atoms with E-state index in [2.05, 4.69) is 4.98 Å². The molecule has 0 spiro atoms. The van der Waals surface area contributed by atoms with Crippen molar-refractivity contribution in [1.29, 1.82) is 0 Å². The number of carbonyl (C=O) groups excluding carboxylic acids is 1. The molecule has 3 aromatic carbocycles. The molecule has 4 aromatic rings. The molecule has 126 valence electrons. The molecule has 4 nitrogen and oxygen atoms in total. The van der Waals surface area contributed by atoms with E-state index in [4.69, 9.17) is 10.5 Å². The first-order chi connectivity index (χ1) is 12.7. The summed E-state index contributed by atoms with van der Waals surface area (Å²) in [6.45, 7) is 0. The zero-order valence-electron chi connectivity index (χ0n) is 13.9. The van der Waals surface area contributed by atoms with Gasteiger partial charge in [0, 0.05) is 27.7 Å². The third kappa shape index (κ3) is 2.05. The predicted octanol–water partition coefficient (Wildman–Crippen LogP) is 4.68. The number of hydrogen-bond donors (Lipinski definition) is 2. The summed E-state index contributed by atoms with van der Waals surface area (Å²) in [4.78, 5) is 15.8. The molecule has 0 aliphatic carbocycles. The van der Waals surface area contributed by atoms with Crippen LogP contribution < -0.4 is 5.73 Å². The van der Waals surface area contributed by atoms with Crippen LogP contribution in [-0.2, 0) is 4.74 Å². The third-order valence-electron chi connectivity index (χ3n) is 4.91. The Hall–Kier alpha value is -3.53. The van der Waals surface area contributed by atoms with Crippen molar-refractivity contribution in [2.75, 3.05) is 5.73 Å². The highest BCUT2D eigenvalue weighted by Crippen LogP contribution is 2.45. The van der Waals surface area contributed by atoms with Gasteiger partial charge in [0.25, 0.3) is 0 Å². The lowest BCUT2D eigenvalue weighted by atomic mass is 9.94. The van der Waals surface area contributed by atoms with Crippen molar-refractivity contribution in [2.24, 2.45) is 0 Å². The number of esters is 1. The van der Waals surface area contributed by atoms with Crippen LogP contribution >= 0.6 is 0 Å². The standard InChI is InChI=1S/C22H16N2O2/c23-16-11-6-12-17-18(16)19(20(24-17)13-7-2-1-3-8-13)21-14-9-4-5-10-15(14)22(25)26-21/h1-12,21,24H,23H2. The molecule has 3 N–H and O–H groups in total. The molecule has 4 heteroatoms. The van der Waals surface area contributed by atoms with E-state index >= 15 is 0 Å². The Kier molecular flexibility index (Phi) is 3.12. The number of aromatic nitrogens is 1. The van der Waals surface area contributed by atoms with Gasteiger partial charge in [-0.15, -0.1) is 0 Å². The quantitative estimate of drug-likeness (QED) is 0.411. The molecular formula is C22H16N2O2. The Bertz CT molecular complexity index is 1150. The lowest BCUT2D eigenvalue weighted by Crippen LogP contribution is -2.03. The van der Waals surface area contributed by atoms with Crippen molar-refractivity contribution in [3.05, 3.63) is 89.5 Å². The van der Waals surface area contributed by atoms with Crippen LogP contribution in [0.25, 0.3) is 22.2 Å². The molecule has 5 rings (SSSR count). The zero-order chi connectivity index (χ0) is 17.7. The van der Waals surface area contributed by atoms with Crippen LogP contribution in [0.2, 0.25) is 0 Å². The van der Waals surface area contributed by atoms with E-state index in [1.165, 1.54) is 0 Å². The minimum Gasteiger partial charge on any atom is -0.449 e. The molecule has 0 amide bonds. The van der Waals surface area contributed by atoms with E-state index in [9.17, 15) is 4.79 Å². The average molecular weight is 340 g/mol. The van der Waals surface area contributed by atoms with Gasteiger partial charge in [0.05, 0.1) is 11.3 Å². The van der Waals surface area contributed by atoms with Crippen molar-refractivity contribution < 1.29 is 9.53 Å². The van der Waals surface area contributed by atoms with Crippen LogP contribution in [0.1, 0.15) is 27.6 Å². The molecular weight excluding hydrogens is 324 g/mol. The van der Waals surface area contributed by atoms with Crippen molar-refractivity contribution in [2.45, 2.75) is 6.10 Å². The van der Waals surface area contributed by atoms with Crippen LogP contribution in [0.5, 0.6) is 0 Å². The minimum absolute atomic E-state index is 0.298. The van der Waals surface area contributed by atoms with Gasteiger partial charge in [-0.05, 0) is 23.8 Å². The Labute approximate surface area is 150 Å². The van der Waals surface area contributed by atoms with Gasteiger partial charge in [-0.3, -0.25) is 0 Å². The average Bonchev–Trinajstić information content (AvgIpc) is 3.22. The Morgan fingerprint density at radius 3 is 2.50 bits per heavy atom. The van der Waals surface area contributed by atoms with Crippen molar-refractivity contribution >= 4 is 22.6 Å². The number of nitrogens with two attached hydrogens (primary N) is 1. The number of fused-ring (bicyclic) bond motifs is 2. The van der Waals surface area contributed by atoms with Crippen molar-refractivity contribution in [3.8, 4) is 11.3 Å². The molecule has 1 aliphatic heterocycles. The number of H-pyrrole nitrogens is 1. The summed E-state index contributed by atoms with van der Waals surface area (Å²) in [6.07, 6.45) is -0.479. The Morgan fingerprint density at radius 1 is 0.885 bits per heavy atom. The number of ether oxygens (including phenoxy) is 1. The molecule has 26 heavy (non-hydrogen) atoms. The van der Waals surface area contributed by atoms with E-state index in [1.807, 2.05) is 66.7 Å². The minimum atomic E-state index is -0.479. The lowest BCUT2D eigenvalue weighted by molar-refractivity contribution is 0.0459. The molecule has 0 saturated carbocycles. The number of nitrogen functional groups attached to an aromatic ring is 1. The smallest absolute Gasteiger partial charge is 0.339 e. The molecule has 1 atom stereocenters. The lowest BCUT2D eigenvalue weighted by Gasteiger charge is -2.14. The fourth-order valence-electron chi connectivity index (χ4n) is 3.76. The first kappa shape index (κ1) is 14.8. The second-order valence-corrected chi connectivity index (χ2v) is 6.42. The summed E-state index contributed by atoms with van der Waals surface area (Å²) in [6, 6.07) is 23.3. The Morgan fingerprint density at radius 2 is 1.65 bits per heavy atom. The van der Waals surface area contributed by atoms with Crippen LogP contribution in [-0.4, -0.2) is 11.0 Å². The number of aromatic amines is 1. The third-order valence-corrected chi connectivity index (χ3v) is 4.91. The first-order valence-corrected chi connectivity index (χ1v) is 8.49. The fourth-order valence-corrected chi connectivity index (χ4v) is 3.76. The molecule has 0 bridgehead atoms. The van der Waals surface area contributed by atoms with Crippen LogP contribution in [0.15, 0.2) is 72.8 Å². The van der Waals surface area contributed by atoms with Crippen LogP contribution in [0.3, 0.4) is 0 Å². The summed E-state index contributed by atoms with van der Waals surface area (Å²) < 4.78 is 5.79. The maximum Gasteiger partial charge on any atom is 0.339 e. The normalized spacial score (nSPS) is 15.8. The van der Waals surface area contributed by atoms with Gasteiger partial charge in [-0.1, -0.05) is 54.6 Å². The van der Waals surface area contributed by atoms with Gasteiger partial charge < -0.3 is 15.5 Å². The summed E-state index contributed by atoms with van der Waals surface area (Å²) in [5.41, 5.74) is 12.2. The second-order valence-electron chi connectivity index (χ2n) is 6.42. The van der Waals surface area contributed by atoms with Gasteiger partial charge >= 0.3 is 5.97 Å². The van der Waals surface area contributed by atoms with E-state index in [1.54, 1.807) is 6.07 Å². The van der Waals surface area contributed by atoms with Crippen molar-refractivity contribution in [1.82, 2.24) is 4.98 Å². The second kappa shape index (κ2) is 5.49. The number of carbonyl (C=O) groups is 1. The number of rotatable bonds is 2. The molecule has 1 aliphatic rings. The van der Waals surface area contributed by atoms with E-state index in [0.717, 1.165) is 33.3 Å². The number of nitrogens with one attached hydrogen (secondary N) is 1. The van der Waals surface area contributed by atoms with Gasteiger partial charge in [-0.2, -0.15) is 0 Å². The van der Waals surface area contributed by atoms with Gasteiger partial charge in [-0.25, -0.2) is 4.79 Å².